The molecule has 21 heavy (non-hydrogen) atoms. The Bertz CT molecular complexity index is 621. The van der Waals surface area contributed by atoms with Gasteiger partial charge in [-0.1, -0.05) is 25.1 Å². The Morgan fingerprint density at radius 3 is 2.62 bits per heavy atom. The zero-order valence-corrected chi connectivity index (χ0v) is 13.0. The lowest BCUT2D eigenvalue weighted by Gasteiger charge is -2.09. The molecule has 4 nitrogen and oxygen atoms in total. The highest BCUT2D eigenvalue weighted by molar-refractivity contribution is 7.84. The Kier molecular flexibility index (Phi) is 5.33. The summed E-state index contributed by atoms with van der Waals surface area (Å²) in [5.74, 6) is 0.837. The molecule has 0 aliphatic carbocycles. The van der Waals surface area contributed by atoms with E-state index in [2.05, 4.69) is 5.32 Å². The van der Waals surface area contributed by atoms with Crippen molar-refractivity contribution < 1.29 is 13.4 Å². The third-order valence-corrected chi connectivity index (χ3v) is 4.50. The van der Waals surface area contributed by atoms with Crippen molar-refractivity contribution in [3.8, 4) is 0 Å². The molecule has 0 fully saturated rings. The van der Waals surface area contributed by atoms with E-state index in [1.165, 1.54) is 0 Å². The number of hydrogen-bond acceptors (Lipinski definition) is 3. The predicted octanol–water partition coefficient (Wildman–Crippen LogP) is 3.12. The maximum absolute atomic E-state index is 12.2. The third-order valence-electron chi connectivity index (χ3n) is 3.15. The van der Waals surface area contributed by atoms with Crippen LogP contribution in [0.1, 0.15) is 36.6 Å². The van der Waals surface area contributed by atoms with E-state index in [1.54, 1.807) is 12.1 Å². The molecule has 5 heteroatoms. The molecule has 0 saturated heterocycles. The van der Waals surface area contributed by atoms with Gasteiger partial charge in [0.25, 0.3) is 5.91 Å². The number of amides is 1. The van der Waals surface area contributed by atoms with E-state index in [9.17, 15) is 9.00 Å². The maximum atomic E-state index is 12.2. The average Bonchev–Trinajstić information content (AvgIpc) is 2.96. The quantitative estimate of drug-likeness (QED) is 0.892. The van der Waals surface area contributed by atoms with Crippen molar-refractivity contribution >= 4 is 16.7 Å². The normalized spacial score (nSPS) is 13.6. The fraction of sp³-hybridized carbons (Fsp3) is 0.312. The first-order chi connectivity index (χ1) is 10.1. The average molecular weight is 305 g/mol. The highest BCUT2D eigenvalue weighted by atomic mass is 32.2. The molecule has 1 amide bonds. The number of furan rings is 1. The largest absolute Gasteiger partial charge is 0.455 e. The molecule has 2 unspecified atom stereocenters. The van der Waals surface area contributed by atoms with Gasteiger partial charge in [0, 0.05) is 10.9 Å². The Hall–Kier alpha value is -1.88. The molecular weight excluding hydrogens is 286 g/mol. The van der Waals surface area contributed by atoms with Crippen LogP contribution in [-0.2, 0) is 16.6 Å². The number of carbonyl (C=O) groups is 1. The van der Waals surface area contributed by atoms with Crippen LogP contribution in [-0.4, -0.2) is 16.2 Å². The number of nitrogens with one attached hydrogen (secondary N) is 1. The lowest BCUT2D eigenvalue weighted by molar-refractivity contribution is 0.0910. The molecule has 0 aliphatic rings. The standard InChI is InChI=1S/C16H19NO3S/c1-3-12(2)17-16(18)15-10-9-13(20-15)11-21(19)14-7-5-4-6-8-14/h4-10,12H,3,11H2,1-2H3,(H,17,18). The maximum Gasteiger partial charge on any atom is 0.287 e. The fourth-order valence-electron chi connectivity index (χ4n) is 1.76. The van der Waals surface area contributed by atoms with Crippen LogP contribution in [0, 0.1) is 0 Å². The molecule has 0 aliphatic heterocycles. The molecule has 0 bridgehead atoms. The number of hydrogen-bond donors (Lipinski definition) is 1. The van der Waals surface area contributed by atoms with Gasteiger partial charge in [0.1, 0.15) is 5.76 Å². The van der Waals surface area contributed by atoms with Crippen LogP contribution >= 0.6 is 0 Å². The van der Waals surface area contributed by atoms with E-state index in [1.807, 2.05) is 44.2 Å². The molecule has 2 rings (SSSR count). The summed E-state index contributed by atoms with van der Waals surface area (Å²) in [6.07, 6.45) is 0.858. The van der Waals surface area contributed by atoms with Crippen molar-refractivity contribution in [2.75, 3.05) is 0 Å². The lowest BCUT2D eigenvalue weighted by atomic mass is 10.2. The smallest absolute Gasteiger partial charge is 0.287 e. The van der Waals surface area contributed by atoms with Gasteiger partial charge in [-0.05, 0) is 37.6 Å². The first-order valence-corrected chi connectivity index (χ1v) is 8.25. The Morgan fingerprint density at radius 1 is 1.24 bits per heavy atom. The minimum Gasteiger partial charge on any atom is -0.455 e. The Balaban J connectivity index is 2.00. The number of rotatable bonds is 6. The van der Waals surface area contributed by atoms with E-state index >= 15 is 0 Å². The third kappa shape index (κ3) is 4.29. The number of carbonyl (C=O) groups excluding carboxylic acids is 1. The Labute approximate surface area is 127 Å². The fourth-order valence-corrected chi connectivity index (χ4v) is 2.80. The molecule has 1 N–H and O–H groups in total. The van der Waals surface area contributed by atoms with Crippen molar-refractivity contribution in [1.29, 1.82) is 0 Å². The first kappa shape index (κ1) is 15.5. The van der Waals surface area contributed by atoms with Gasteiger partial charge < -0.3 is 9.73 Å². The molecule has 1 aromatic heterocycles. The van der Waals surface area contributed by atoms with Crippen LogP contribution < -0.4 is 5.32 Å². The van der Waals surface area contributed by atoms with E-state index in [0.29, 0.717) is 5.76 Å². The van der Waals surface area contributed by atoms with Crippen LogP contribution in [0.5, 0.6) is 0 Å². The zero-order chi connectivity index (χ0) is 15.2. The molecule has 1 aromatic carbocycles. The second-order valence-electron chi connectivity index (χ2n) is 4.85. The molecule has 1 heterocycles. The minimum atomic E-state index is -1.17. The summed E-state index contributed by atoms with van der Waals surface area (Å²) in [7, 11) is -1.17. The van der Waals surface area contributed by atoms with Crippen LogP contribution in [0.3, 0.4) is 0 Å². The summed E-state index contributed by atoms with van der Waals surface area (Å²) < 4.78 is 17.6. The van der Waals surface area contributed by atoms with Gasteiger partial charge in [-0.15, -0.1) is 0 Å². The summed E-state index contributed by atoms with van der Waals surface area (Å²) >= 11 is 0. The van der Waals surface area contributed by atoms with Gasteiger partial charge in [-0.2, -0.15) is 0 Å². The van der Waals surface area contributed by atoms with Crippen LogP contribution in [0.4, 0.5) is 0 Å². The molecule has 0 saturated carbocycles. The summed E-state index contributed by atoms with van der Waals surface area (Å²) in [4.78, 5) is 12.7. The van der Waals surface area contributed by atoms with Crippen molar-refractivity contribution in [2.45, 2.75) is 37.0 Å². The van der Waals surface area contributed by atoms with E-state index < -0.39 is 10.8 Å². The van der Waals surface area contributed by atoms with Gasteiger partial charge >= 0.3 is 0 Å². The van der Waals surface area contributed by atoms with E-state index in [0.717, 1.165) is 11.3 Å². The van der Waals surface area contributed by atoms with Crippen LogP contribution in [0.15, 0.2) is 51.8 Å². The lowest BCUT2D eigenvalue weighted by Crippen LogP contribution is -2.31. The molecular formula is C16H19NO3S. The summed E-state index contributed by atoms with van der Waals surface area (Å²) in [6.45, 7) is 3.94. The van der Waals surface area contributed by atoms with Gasteiger partial charge in [-0.3, -0.25) is 9.00 Å². The molecule has 2 aromatic rings. The van der Waals surface area contributed by atoms with E-state index in [-0.39, 0.29) is 23.5 Å². The van der Waals surface area contributed by atoms with Gasteiger partial charge in [-0.25, -0.2) is 0 Å². The Morgan fingerprint density at radius 2 is 1.95 bits per heavy atom. The molecule has 0 radical (unpaired) electrons. The second kappa shape index (κ2) is 7.22. The van der Waals surface area contributed by atoms with Crippen LogP contribution in [0.25, 0.3) is 0 Å². The molecule has 0 spiro atoms. The van der Waals surface area contributed by atoms with Crippen molar-refractivity contribution in [2.24, 2.45) is 0 Å². The zero-order valence-electron chi connectivity index (χ0n) is 12.2. The SMILES string of the molecule is CCC(C)NC(=O)c1ccc(CS(=O)c2ccccc2)o1. The highest BCUT2D eigenvalue weighted by Gasteiger charge is 2.14. The van der Waals surface area contributed by atoms with Crippen LogP contribution in [0.2, 0.25) is 0 Å². The van der Waals surface area contributed by atoms with Gasteiger partial charge in [0.15, 0.2) is 5.76 Å². The second-order valence-corrected chi connectivity index (χ2v) is 6.30. The minimum absolute atomic E-state index is 0.101. The first-order valence-electron chi connectivity index (χ1n) is 6.93. The monoisotopic (exact) mass is 305 g/mol. The van der Waals surface area contributed by atoms with Crippen molar-refractivity contribution in [3.63, 3.8) is 0 Å². The number of benzene rings is 1. The van der Waals surface area contributed by atoms with Gasteiger partial charge in [0.05, 0.1) is 16.6 Å². The highest BCUT2D eigenvalue weighted by Crippen LogP contribution is 2.15. The van der Waals surface area contributed by atoms with Gasteiger partial charge in [0.2, 0.25) is 0 Å². The van der Waals surface area contributed by atoms with E-state index in [4.69, 9.17) is 4.42 Å². The summed E-state index contributed by atoms with van der Waals surface area (Å²) in [5.41, 5.74) is 0. The van der Waals surface area contributed by atoms with Crippen molar-refractivity contribution in [1.82, 2.24) is 5.32 Å². The molecule has 112 valence electrons. The summed E-state index contributed by atoms with van der Waals surface area (Å²) in [5, 5.41) is 2.84. The predicted molar refractivity (Wildman–Crippen MR) is 82.5 cm³/mol. The molecule has 2 atom stereocenters. The topological polar surface area (TPSA) is 59.3 Å². The summed E-state index contributed by atoms with van der Waals surface area (Å²) in [6, 6.07) is 12.6. The van der Waals surface area contributed by atoms with Crippen molar-refractivity contribution in [3.05, 3.63) is 54.0 Å².